The Bertz CT molecular complexity index is 1530. The van der Waals surface area contributed by atoms with Crippen LogP contribution >= 0.6 is 15.9 Å². The molecule has 2 aliphatic heterocycles. The number of aromatic nitrogens is 3. The molecule has 1 amide bonds. The summed E-state index contributed by atoms with van der Waals surface area (Å²) in [4.78, 5) is 26.5. The second-order valence-electron chi connectivity index (χ2n) is 10.3. The van der Waals surface area contributed by atoms with E-state index in [0.29, 0.717) is 36.3 Å². The van der Waals surface area contributed by atoms with Gasteiger partial charge in [0.25, 0.3) is 5.91 Å². The van der Waals surface area contributed by atoms with Crippen LogP contribution in [0.5, 0.6) is 0 Å². The molecule has 0 aliphatic carbocycles. The van der Waals surface area contributed by atoms with E-state index in [4.69, 9.17) is 10.1 Å². The fourth-order valence-corrected chi connectivity index (χ4v) is 6.43. The molecule has 4 heterocycles. The number of aryl methyl sites for hydroxylation is 1. The zero-order valence-corrected chi connectivity index (χ0v) is 24.3. The fourth-order valence-electron chi connectivity index (χ4n) is 5.49. The van der Waals surface area contributed by atoms with E-state index in [-0.39, 0.29) is 29.1 Å². The van der Waals surface area contributed by atoms with Crippen LogP contribution in [0.25, 0.3) is 5.65 Å². The summed E-state index contributed by atoms with van der Waals surface area (Å²) in [5, 5.41) is 15.2. The molecule has 3 aromatic rings. The third kappa shape index (κ3) is 5.80. The van der Waals surface area contributed by atoms with Crippen molar-refractivity contribution in [1.29, 1.82) is 0 Å². The number of aliphatic hydroxyl groups excluding tert-OH is 1. The number of β-amino-alcohol motifs (C(OH)–C–C–N with tert-alkyl or cyclic N) is 1. The van der Waals surface area contributed by atoms with Gasteiger partial charge in [0.2, 0.25) is 10.0 Å². The van der Waals surface area contributed by atoms with Gasteiger partial charge >= 0.3 is 0 Å². The van der Waals surface area contributed by atoms with Crippen molar-refractivity contribution in [2.24, 2.45) is 10.9 Å². The smallest absolute Gasteiger partial charge is 0.256 e. The SMILES string of the molecule is C=NC[C@@H]1CN(c2nc3cc([C@@H]4CCCCN4C(=O)c4cc(Br)ccc4NS(C)(=O)=O)nn3cc2C)C[C@@H]1O. The maximum absolute atomic E-state index is 13.8. The highest BCUT2D eigenvalue weighted by Gasteiger charge is 2.34. The van der Waals surface area contributed by atoms with Gasteiger partial charge in [-0.15, -0.1) is 0 Å². The van der Waals surface area contributed by atoms with E-state index >= 15 is 0 Å². The van der Waals surface area contributed by atoms with Gasteiger partial charge < -0.3 is 19.9 Å². The first-order valence-electron chi connectivity index (χ1n) is 12.8. The summed E-state index contributed by atoms with van der Waals surface area (Å²) in [6.45, 7) is 7.68. The standard InChI is InChI=1S/C26H32BrN7O4S/c1-16-13-34-24(29-25(16)32-14-17(12-28-2)23(35)15-32)11-21(30-34)22-6-4-5-9-33(22)26(36)19-10-18(27)7-8-20(19)31-39(3,37)38/h7-8,10-11,13,17,22-23,31,35H,2,4-6,9,12,14-15H2,1,3H3/t17-,22+,23+/m1/s1. The monoisotopic (exact) mass is 617 g/mol. The summed E-state index contributed by atoms with van der Waals surface area (Å²) in [5.41, 5.74) is 2.83. The largest absolute Gasteiger partial charge is 0.391 e. The zero-order valence-electron chi connectivity index (χ0n) is 21.9. The number of aliphatic hydroxyl groups is 1. The first kappa shape index (κ1) is 27.5. The molecule has 13 heteroatoms. The maximum atomic E-state index is 13.8. The molecular weight excluding hydrogens is 586 g/mol. The molecule has 0 bridgehead atoms. The Morgan fingerprint density at radius 1 is 1.28 bits per heavy atom. The number of rotatable bonds is 7. The molecule has 2 saturated heterocycles. The van der Waals surface area contributed by atoms with E-state index in [9.17, 15) is 18.3 Å². The lowest BCUT2D eigenvalue weighted by Crippen LogP contribution is -2.39. The minimum absolute atomic E-state index is 0.0160. The molecule has 0 unspecified atom stereocenters. The number of carbonyl (C=O) groups excluding carboxylic acids is 1. The van der Waals surface area contributed by atoms with Gasteiger partial charge in [0.05, 0.1) is 35.3 Å². The molecular formula is C26H32BrN7O4S. The summed E-state index contributed by atoms with van der Waals surface area (Å²) in [6, 6.07) is 6.55. The van der Waals surface area contributed by atoms with Crippen LogP contribution in [0.2, 0.25) is 0 Å². The molecule has 208 valence electrons. The van der Waals surface area contributed by atoms with Crippen molar-refractivity contribution >= 4 is 55.7 Å². The molecule has 5 rings (SSSR count). The summed E-state index contributed by atoms with van der Waals surface area (Å²) >= 11 is 3.41. The van der Waals surface area contributed by atoms with Crippen molar-refractivity contribution in [1.82, 2.24) is 19.5 Å². The van der Waals surface area contributed by atoms with Gasteiger partial charge in [-0.3, -0.25) is 9.52 Å². The van der Waals surface area contributed by atoms with Gasteiger partial charge in [-0.05, 0) is 51.1 Å². The quantitative estimate of drug-likeness (QED) is 0.389. The highest BCUT2D eigenvalue weighted by molar-refractivity contribution is 9.10. The number of piperidine rings is 1. The predicted octanol–water partition coefficient (Wildman–Crippen LogP) is 3.04. The number of nitrogens with zero attached hydrogens (tertiary/aromatic N) is 6. The van der Waals surface area contributed by atoms with Crippen LogP contribution in [0.3, 0.4) is 0 Å². The lowest BCUT2D eigenvalue weighted by atomic mass is 9.98. The number of halogens is 1. The number of sulfonamides is 1. The molecule has 2 aliphatic rings. The first-order valence-corrected chi connectivity index (χ1v) is 15.5. The average Bonchev–Trinajstić information content (AvgIpc) is 3.46. The third-order valence-corrected chi connectivity index (χ3v) is 8.39. The fraction of sp³-hybridized carbons (Fsp3) is 0.462. The van der Waals surface area contributed by atoms with Gasteiger partial charge in [-0.1, -0.05) is 15.9 Å². The van der Waals surface area contributed by atoms with Gasteiger partial charge in [0.1, 0.15) is 5.82 Å². The van der Waals surface area contributed by atoms with Crippen molar-refractivity contribution in [2.75, 3.05) is 42.1 Å². The molecule has 39 heavy (non-hydrogen) atoms. The number of hydrogen-bond acceptors (Lipinski definition) is 8. The molecule has 11 nitrogen and oxygen atoms in total. The van der Waals surface area contributed by atoms with Crippen LogP contribution in [-0.2, 0) is 10.0 Å². The second kappa shape index (κ2) is 10.9. The van der Waals surface area contributed by atoms with Crippen LogP contribution in [0.1, 0.15) is 46.9 Å². The number of anilines is 2. The van der Waals surface area contributed by atoms with Crippen LogP contribution in [0.15, 0.2) is 39.9 Å². The van der Waals surface area contributed by atoms with Crippen LogP contribution in [-0.4, -0.2) is 84.2 Å². The van der Waals surface area contributed by atoms with Gasteiger partial charge in [-0.2, -0.15) is 5.10 Å². The number of amides is 1. The summed E-state index contributed by atoms with van der Waals surface area (Å²) in [6.07, 6.45) is 5.01. The Labute approximate surface area is 236 Å². The predicted molar refractivity (Wildman–Crippen MR) is 154 cm³/mol. The van der Waals surface area contributed by atoms with Crippen molar-refractivity contribution < 1.29 is 18.3 Å². The summed E-state index contributed by atoms with van der Waals surface area (Å²) in [5.74, 6) is 0.547. The van der Waals surface area contributed by atoms with Gasteiger partial charge in [0, 0.05) is 54.4 Å². The molecule has 1 aromatic carbocycles. The van der Waals surface area contributed by atoms with Gasteiger partial charge in [-0.25, -0.2) is 17.9 Å². The minimum atomic E-state index is -3.57. The van der Waals surface area contributed by atoms with Crippen molar-refractivity contribution in [3.05, 3.63) is 51.8 Å². The van der Waals surface area contributed by atoms with Gasteiger partial charge in [0.15, 0.2) is 5.65 Å². The molecule has 0 radical (unpaired) electrons. The Kier molecular flexibility index (Phi) is 7.66. The van der Waals surface area contributed by atoms with Crippen molar-refractivity contribution in [3.8, 4) is 0 Å². The molecule has 2 N–H and O–H groups in total. The number of benzene rings is 1. The van der Waals surface area contributed by atoms with Crippen LogP contribution < -0.4 is 9.62 Å². The lowest BCUT2D eigenvalue weighted by molar-refractivity contribution is 0.0606. The topological polar surface area (TPSA) is 132 Å². The molecule has 0 spiro atoms. The van der Waals surface area contributed by atoms with Crippen molar-refractivity contribution in [2.45, 2.75) is 38.3 Å². The van der Waals surface area contributed by atoms with Crippen LogP contribution in [0, 0.1) is 12.8 Å². The summed E-state index contributed by atoms with van der Waals surface area (Å²) in [7, 11) is -3.57. The number of aliphatic imine (C=N–C) groups is 1. The third-order valence-electron chi connectivity index (χ3n) is 7.31. The lowest BCUT2D eigenvalue weighted by Gasteiger charge is -2.35. The highest BCUT2D eigenvalue weighted by atomic mass is 79.9. The Morgan fingerprint density at radius 3 is 2.82 bits per heavy atom. The first-order chi connectivity index (χ1) is 18.5. The number of hydrogen-bond donors (Lipinski definition) is 2. The number of fused-ring (bicyclic) bond motifs is 1. The molecule has 2 fully saturated rings. The maximum Gasteiger partial charge on any atom is 0.256 e. The number of likely N-dealkylation sites (tertiary alicyclic amines) is 1. The van der Waals surface area contributed by atoms with E-state index in [1.807, 2.05) is 19.2 Å². The molecule has 0 saturated carbocycles. The van der Waals surface area contributed by atoms with E-state index in [2.05, 4.69) is 37.3 Å². The summed E-state index contributed by atoms with van der Waals surface area (Å²) < 4.78 is 28.8. The van der Waals surface area contributed by atoms with E-state index in [0.717, 1.165) is 42.6 Å². The van der Waals surface area contributed by atoms with E-state index in [1.54, 1.807) is 27.6 Å². The normalized spacial score (nSPS) is 21.9. The number of carbonyl (C=O) groups is 1. The van der Waals surface area contributed by atoms with E-state index < -0.39 is 16.1 Å². The highest BCUT2D eigenvalue weighted by Crippen LogP contribution is 2.35. The second-order valence-corrected chi connectivity index (χ2v) is 13.0. The number of nitrogens with one attached hydrogen (secondary N) is 1. The van der Waals surface area contributed by atoms with Crippen molar-refractivity contribution in [3.63, 3.8) is 0 Å². The zero-order chi connectivity index (χ0) is 27.9. The Balaban J connectivity index is 1.46. The van der Waals surface area contributed by atoms with Crippen LogP contribution in [0.4, 0.5) is 11.5 Å². The van der Waals surface area contributed by atoms with E-state index in [1.165, 1.54) is 0 Å². The Hall–Kier alpha value is -3.03. The molecule has 2 aromatic heterocycles. The minimum Gasteiger partial charge on any atom is -0.391 e. The molecule has 3 atom stereocenters. The average molecular weight is 619 g/mol. The Morgan fingerprint density at radius 2 is 2.08 bits per heavy atom.